The van der Waals surface area contributed by atoms with Crippen LogP contribution in [-0.2, 0) is 9.53 Å². The van der Waals surface area contributed by atoms with Crippen molar-refractivity contribution >= 4 is 5.97 Å². The number of carbonyl (C=O) groups excluding carboxylic acids is 1. The monoisotopic (exact) mass is 186 g/mol. The fraction of sp³-hybridized carbons (Fsp3) is 0.833. The minimum absolute atomic E-state index is 0.761. The van der Waals surface area contributed by atoms with Gasteiger partial charge >= 0.3 is 12.1 Å². The number of methoxy groups -OCH3 is 1. The average Bonchev–Trinajstić information content (AvgIpc) is 1.99. The number of ether oxygens (including phenoxy) is 1. The van der Waals surface area contributed by atoms with E-state index in [9.17, 15) is 18.0 Å². The Morgan fingerprint density at radius 3 is 2.00 bits per heavy atom. The molecule has 0 saturated carbocycles. The summed E-state index contributed by atoms with van der Waals surface area (Å²) in [6.07, 6.45) is -5.75. The Labute approximate surface area is 67.1 Å². The van der Waals surface area contributed by atoms with E-state index in [4.69, 9.17) is 5.11 Å². The third-order valence-corrected chi connectivity index (χ3v) is 1.50. The predicted molar refractivity (Wildman–Crippen MR) is 33.3 cm³/mol. The molecule has 0 saturated heterocycles. The molecule has 0 aromatic heterocycles. The standard InChI is InChI=1S/C6H9F3O3/c1-3-5(11,4(10)12-2)6(7,8)9/h11H,3H2,1-2H3. The first-order valence-corrected chi connectivity index (χ1v) is 3.17. The number of carbonyl (C=O) groups is 1. The van der Waals surface area contributed by atoms with Gasteiger partial charge in [0.2, 0.25) is 0 Å². The second kappa shape index (κ2) is 3.30. The summed E-state index contributed by atoms with van der Waals surface area (Å²) >= 11 is 0. The molecule has 3 nitrogen and oxygen atoms in total. The van der Waals surface area contributed by atoms with E-state index in [1.807, 2.05) is 0 Å². The zero-order chi connectivity index (χ0) is 9.99. The van der Waals surface area contributed by atoms with E-state index in [-0.39, 0.29) is 0 Å². The van der Waals surface area contributed by atoms with Crippen molar-refractivity contribution in [1.82, 2.24) is 0 Å². The lowest BCUT2D eigenvalue weighted by Crippen LogP contribution is -2.52. The van der Waals surface area contributed by atoms with Gasteiger partial charge in [-0.1, -0.05) is 6.92 Å². The summed E-state index contributed by atoms with van der Waals surface area (Å²) in [5.41, 5.74) is -3.37. The van der Waals surface area contributed by atoms with Crippen LogP contribution in [0.25, 0.3) is 0 Å². The number of aliphatic hydroxyl groups is 1. The number of hydrogen-bond donors (Lipinski definition) is 1. The second-order valence-corrected chi connectivity index (χ2v) is 2.20. The lowest BCUT2D eigenvalue weighted by molar-refractivity contribution is -0.262. The third-order valence-electron chi connectivity index (χ3n) is 1.50. The number of halogens is 3. The second-order valence-electron chi connectivity index (χ2n) is 2.20. The van der Waals surface area contributed by atoms with Crippen LogP contribution in [0, 0.1) is 0 Å². The van der Waals surface area contributed by atoms with E-state index in [0.717, 1.165) is 14.0 Å². The smallest absolute Gasteiger partial charge is 0.428 e. The fourth-order valence-corrected chi connectivity index (χ4v) is 0.629. The molecule has 0 spiro atoms. The van der Waals surface area contributed by atoms with Gasteiger partial charge in [0.05, 0.1) is 7.11 Å². The summed E-state index contributed by atoms with van der Waals surface area (Å²) in [4.78, 5) is 10.5. The molecule has 1 unspecified atom stereocenters. The molecular weight excluding hydrogens is 177 g/mol. The van der Waals surface area contributed by atoms with Crippen molar-refractivity contribution in [1.29, 1.82) is 0 Å². The topological polar surface area (TPSA) is 46.5 Å². The van der Waals surface area contributed by atoms with Gasteiger partial charge in [-0.3, -0.25) is 0 Å². The molecule has 0 aliphatic carbocycles. The van der Waals surface area contributed by atoms with Gasteiger partial charge in [-0.05, 0) is 6.42 Å². The van der Waals surface area contributed by atoms with E-state index < -0.39 is 24.2 Å². The van der Waals surface area contributed by atoms with Crippen LogP contribution in [0.2, 0.25) is 0 Å². The molecule has 0 bridgehead atoms. The Bertz CT molecular complexity index is 177. The average molecular weight is 186 g/mol. The maximum absolute atomic E-state index is 12.0. The number of esters is 1. The molecule has 0 aliphatic rings. The molecule has 0 fully saturated rings. The largest absolute Gasteiger partial charge is 0.467 e. The third kappa shape index (κ3) is 1.69. The molecule has 6 heteroatoms. The molecule has 0 amide bonds. The van der Waals surface area contributed by atoms with E-state index in [0.29, 0.717) is 0 Å². The molecule has 1 atom stereocenters. The highest BCUT2D eigenvalue weighted by molar-refractivity contribution is 5.80. The Morgan fingerprint density at radius 2 is 1.92 bits per heavy atom. The van der Waals surface area contributed by atoms with E-state index in [1.165, 1.54) is 0 Å². The molecular formula is C6H9F3O3. The van der Waals surface area contributed by atoms with Crippen LogP contribution in [0.3, 0.4) is 0 Å². The highest BCUT2D eigenvalue weighted by atomic mass is 19.4. The van der Waals surface area contributed by atoms with Gasteiger partial charge in [0.25, 0.3) is 5.60 Å². The Hall–Kier alpha value is -0.780. The van der Waals surface area contributed by atoms with Crippen LogP contribution < -0.4 is 0 Å². The lowest BCUT2D eigenvalue weighted by atomic mass is 10.0. The van der Waals surface area contributed by atoms with Crippen LogP contribution in [0.1, 0.15) is 13.3 Å². The van der Waals surface area contributed by atoms with Gasteiger partial charge in [-0.2, -0.15) is 13.2 Å². The normalized spacial score (nSPS) is 16.8. The first-order chi connectivity index (χ1) is 5.29. The molecule has 0 radical (unpaired) electrons. The van der Waals surface area contributed by atoms with E-state index in [2.05, 4.69) is 4.74 Å². The SMILES string of the molecule is CCC(O)(C(=O)OC)C(F)(F)F. The molecule has 12 heavy (non-hydrogen) atoms. The van der Waals surface area contributed by atoms with Gasteiger partial charge in [-0.25, -0.2) is 4.79 Å². The highest BCUT2D eigenvalue weighted by Crippen LogP contribution is 2.33. The molecule has 0 aromatic rings. The molecule has 72 valence electrons. The lowest BCUT2D eigenvalue weighted by Gasteiger charge is -2.25. The van der Waals surface area contributed by atoms with Crippen LogP contribution in [0.4, 0.5) is 13.2 Å². The summed E-state index contributed by atoms with van der Waals surface area (Å²) < 4.78 is 39.8. The minimum atomic E-state index is -4.99. The molecule has 1 N–H and O–H groups in total. The summed E-state index contributed by atoms with van der Waals surface area (Å²) in [7, 11) is 0.786. The van der Waals surface area contributed by atoms with Gasteiger partial charge in [-0.15, -0.1) is 0 Å². The first kappa shape index (κ1) is 11.2. The van der Waals surface area contributed by atoms with Gasteiger partial charge < -0.3 is 9.84 Å². The quantitative estimate of drug-likeness (QED) is 0.650. The van der Waals surface area contributed by atoms with Crippen molar-refractivity contribution in [2.24, 2.45) is 0 Å². The van der Waals surface area contributed by atoms with Gasteiger partial charge in [0, 0.05) is 0 Å². The van der Waals surface area contributed by atoms with Gasteiger partial charge in [0.15, 0.2) is 0 Å². The van der Waals surface area contributed by atoms with Crippen LogP contribution in [0.5, 0.6) is 0 Å². The number of hydrogen-bond acceptors (Lipinski definition) is 3. The van der Waals surface area contributed by atoms with E-state index >= 15 is 0 Å². The minimum Gasteiger partial charge on any atom is -0.467 e. The number of rotatable bonds is 2. The van der Waals surface area contributed by atoms with Crippen LogP contribution >= 0.6 is 0 Å². The molecule has 0 aliphatic heterocycles. The summed E-state index contributed by atoms with van der Waals surface area (Å²) in [6, 6.07) is 0. The fourth-order valence-electron chi connectivity index (χ4n) is 0.629. The van der Waals surface area contributed by atoms with Crippen LogP contribution in [0.15, 0.2) is 0 Å². The predicted octanol–water partition coefficient (Wildman–Crippen LogP) is 0.863. The van der Waals surface area contributed by atoms with Crippen molar-refractivity contribution in [2.75, 3.05) is 7.11 Å². The first-order valence-electron chi connectivity index (χ1n) is 3.17. The van der Waals surface area contributed by atoms with E-state index in [1.54, 1.807) is 0 Å². The molecule has 0 aromatic carbocycles. The maximum atomic E-state index is 12.0. The maximum Gasteiger partial charge on any atom is 0.428 e. The van der Waals surface area contributed by atoms with Crippen molar-refractivity contribution in [2.45, 2.75) is 25.1 Å². The Morgan fingerprint density at radius 1 is 1.50 bits per heavy atom. The molecule has 0 rings (SSSR count). The Balaban J connectivity index is 4.80. The zero-order valence-electron chi connectivity index (χ0n) is 6.60. The number of alkyl halides is 3. The van der Waals surface area contributed by atoms with Crippen molar-refractivity contribution < 1.29 is 27.8 Å². The Kier molecular flexibility index (Phi) is 3.09. The van der Waals surface area contributed by atoms with Crippen molar-refractivity contribution in [3.8, 4) is 0 Å². The van der Waals surface area contributed by atoms with Crippen molar-refractivity contribution in [3.05, 3.63) is 0 Å². The zero-order valence-corrected chi connectivity index (χ0v) is 6.60. The van der Waals surface area contributed by atoms with Crippen molar-refractivity contribution in [3.63, 3.8) is 0 Å². The van der Waals surface area contributed by atoms with Crippen LogP contribution in [-0.4, -0.2) is 30.0 Å². The van der Waals surface area contributed by atoms with Gasteiger partial charge in [0.1, 0.15) is 0 Å². The summed E-state index contributed by atoms with van der Waals surface area (Å²) in [5, 5.41) is 8.83. The highest BCUT2D eigenvalue weighted by Gasteiger charge is 2.59. The summed E-state index contributed by atoms with van der Waals surface area (Å²) in [5.74, 6) is -1.68. The molecule has 0 heterocycles. The summed E-state index contributed by atoms with van der Waals surface area (Å²) in [6.45, 7) is 1.05.